The van der Waals surface area contributed by atoms with Crippen molar-refractivity contribution in [3.05, 3.63) is 0 Å². The van der Waals surface area contributed by atoms with E-state index in [1.54, 1.807) is 0 Å². The Balaban J connectivity index is 2.21. The smallest absolute Gasteiger partial charge is 0.0468 e. The molecular formula is C11H21BrO. The van der Waals surface area contributed by atoms with Crippen molar-refractivity contribution in [3.8, 4) is 0 Å². The molecule has 0 aromatic heterocycles. The van der Waals surface area contributed by atoms with Crippen molar-refractivity contribution in [2.45, 2.75) is 44.4 Å². The summed E-state index contributed by atoms with van der Waals surface area (Å²) in [5.41, 5.74) is 0. The summed E-state index contributed by atoms with van der Waals surface area (Å²) >= 11 is 3.74. The highest BCUT2D eigenvalue weighted by atomic mass is 79.9. The molecule has 78 valence electrons. The molecule has 0 aromatic carbocycles. The fraction of sp³-hybridized carbons (Fsp3) is 1.00. The Morgan fingerprint density at radius 3 is 2.54 bits per heavy atom. The minimum atomic E-state index is 0.704. The van der Waals surface area contributed by atoms with Crippen molar-refractivity contribution >= 4 is 15.9 Å². The van der Waals surface area contributed by atoms with Gasteiger partial charge in [0.1, 0.15) is 0 Å². The Hall–Kier alpha value is 0.440. The molecule has 0 spiro atoms. The summed E-state index contributed by atoms with van der Waals surface area (Å²) in [4.78, 5) is 0.704. The van der Waals surface area contributed by atoms with E-state index in [1.165, 1.54) is 25.7 Å². The van der Waals surface area contributed by atoms with Crippen LogP contribution >= 0.6 is 15.9 Å². The first-order chi connectivity index (χ1) is 6.24. The first kappa shape index (κ1) is 11.5. The Labute approximate surface area is 90.4 Å². The van der Waals surface area contributed by atoms with Gasteiger partial charge in [0, 0.05) is 18.0 Å². The van der Waals surface area contributed by atoms with E-state index in [-0.39, 0.29) is 0 Å². The molecule has 0 aromatic rings. The van der Waals surface area contributed by atoms with Crippen molar-refractivity contribution in [2.24, 2.45) is 11.8 Å². The molecule has 1 aliphatic rings. The predicted octanol–water partition coefficient (Wildman–Crippen LogP) is 3.61. The van der Waals surface area contributed by atoms with E-state index in [2.05, 4.69) is 29.8 Å². The lowest BCUT2D eigenvalue weighted by atomic mass is 9.88. The van der Waals surface area contributed by atoms with Gasteiger partial charge in [-0.3, -0.25) is 0 Å². The van der Waals surface area contributed by atoms with E-state index in [1.807, 2.05) is 0 Å². The molecular weight excluding hydrogens is 228 g/mol. The van der Waals surface area contributed by atoms with Crippen molar-refractivity contribution in [3.63, 3.8) is 0 Å². The van der Waals surface area contributed by atoms with Gasteiger partial charge >= 0.3 is 0 Å². The van der Waals surface area contributed by atoms with Crippen LogP contribution in [0.5, 0.6) is 0 Å². The van der Waals surface area contributed by atoms with Crippen LogP contribution in [-0.2, 0) is 4.74 Å². The van der Waals surface area contributed by atoms with Crippen molar-refractivity contribution < 1.29 is 4.74 Å². The van der Waals surface area contributed by atoms with Gasteiger partial charge in [-0.2, -0.15) is 0 Å². The second-order valence-corrected chi connectivity index (χ2v) is 5.37. The third kappa shape index (κ3) is 3.99. The van der Waals surface area contributed by atoms with Crippen LogP contribution in [0.1, 0.15) is 39.5 Å². The van der Waals surface area contributed by atoms with Crippen LogP contribution in [0.3, 0.4) is 0 Å². The van der Waals surface area contributed by atoms with E-state index in [0.29, 0.717) is 4.83 Å². The molecule has 1 rings (SSSR count). The van der Waals surface area contributed by atoms with Gasteiger partial charge in [0.25, 0.3) is 0 Å². The molecule has 2 unspecified atom stereocenters. The molecule has 1 nitrogen and oxygen atoms in total. The highest BCUT2D eigenvalue weighted by molar-refractivity contribution is 9.09. The zero-order chi connectivity index (χ0) is 9.68. The van der Waals surface area contributed by atoms with Gasteiger partial charge in [0.15, 0.2) is 0 Å². The summed E-state index contributed by atoms with van der Waals surface area (Å²) < 4.78 is 5.36. The molecule has 1 aliphatic heterocycles. The van der Waals surface area contributed by atoms with Crippen molar-refractivity contribution in [2.75, 3.05) is 13.2 Å². The average Bonchev–Trinajstić information content (AvgIpc) is 2.18. The molecule has 0 saturated carbocycles. The summed E-state index contributed by atoms with van der Waals surface area (Å²) in [6, 6.07) is 0. The lowest BCUT2D eigenvalue weighted by Gasteiger charge is -2.26. The summed E-state index contributed by atoms with van der Waals surface area (Å²) in [5, 5.41) is 0. The average molecular weight is 249 g/mol. The maximum absolute atomic E-state index is 5.36. The van der Waals surface area contributed by atoms with Crippen molar-refractivity contribution in [1.82, 2.24) is 0 Å². The molecule has 0 aliphatic carbocycles. The van der Waals surface area contributed by atoms with Gasteiger partial charge in [-0.15, -0.1) is 0 Å². The third-order valence-electron chi connectivity index (χ3n) is 3.05. The monoisotopic (exact) mass is 248 g/mol. The van der Waals surface area contributed by atoms with Gasteiger partial charge in [-0.1, -0.05) is 29.8 Å². The quantitative estimate of drug-likeness (QED) is 0.691. The molecule has 2 atom stereocenters. The topological polar surface area (TPSA) is 9.23 Å². The highest BCUT2D eigenvalue weighted by Crippen LogP contribution is 2.28. The van der Waals surface area contributed by atoms with Crippen LogP contribution in [0.2, 0.25) is 0 Å². The number of hydrogen-bond donors (Lipinski definition) is 0. The normalized spacial score (nSPS) is 24.2. The minimum Gasteiger partial charge on any atom is -0.381 e. The second kappa shape index (κ2) is 6.02. The van der Waals surface area contributed by atoms with Crippen LogP contribution in [0.25, 0.3) is 0 Å². The molecule has 1 saturated heterocycles. The van der Waals surface area contributed by atoms with Gasteiger partial charge in [0.05, 0.1) is 0 Å². The minimum absolute atomic E-state index is 0.704. The number of rotatable bonds is 4. The van der Waals surface area contributed by atoms with Gasteiger partial charge in [0.2, 0.25) is 0 Å². The van der Waals surface area contributed by atoms with Crippen LogP contribution in [0.15, 0.2) is 0 Å². The van der Waals surface area contributed by atoms with Gasteiger partial charge in [-0.05, 0) is 37.5 Å². The first-order valence-electron chi connectivity index (χ1n) is 5.45. The van der Waals surface area contributed by atoms with Crippen LogP contribution in [0.4, 0.5) is 0 Å². The zero-order valence-corrected chi connectivity index (χ0v) is 10.3. The molecule has 13 heavy (non-hydrogen) atoms. The van der Waals surface area contributed by atoms with E-state index in [0.717, 1.165) is 25.0 Å². The zero-order valence-electron chi connectivity index (χ0n) is 8.76. The van der Waals surface area contributed by atoms with Gasteiger partial charge < -0.3 is 4.74 Å². The summed E-state index contributed by atoms with van der Waals surface area (Å²) in [6.07, 6.45) is 5.15. The Morgan fingerprint density at radius 2 is 2.00 bits per heavy atom. The van der Waals surface area contributed by atoms with E-state index in [4.69, 9.17) is 4.74 Å². The molecule has 1 heterocycles. The molecule has 0 bridgehead atoms. The number of hydrogen-bond acceptors (Lipinski definition) is 1. The maximum atomic E-state index is 5.36. The van der Waals surface area contributed by atoms with Gasteiger partial charge in [-0.25, -0.2) is 0 Å². The van der Waals surface area contributed by atoms with Crippen LogP contribution < -0.4 is 0 Å². The standard InChI is InChI=1S/C11H21BrO/c1-3-11(12)9(2)8-10-4-6-13-7-5-10/h9-11H,3-8H2,1-2H3. The van der Waals surface area contributed by atoms with E-state index in [9.17, 15) is 0 Å². The predicted molar refractivity (Wildman–Crippen MR) is 60.3 cm³/mol. The van der Waals surface area contributed by atoms with E-state index >= 15 is 0 Å². The lowest BCUT2D eigenvalue weighted by Crippen LogP contribution is -2.21. The SMILES string of the molecule is CCC(Br)C(C)CC1CCOCC1. The molecule has 0 N–H and O–H groups in total. The van der Waals surface area contributed by atoms with Crippen LogP contribution in [0, 0.1) is 11.8 Å². The largest absolute Gasteiger partial charge is 0.381 e. The Bertz CT molecular complexity index is 132. The first-order valence-corrected chi connectivity index (χ1v) is 6.37. The van der Waals surface area contributed by atoms with Crippen LogP contribution in [-0.4, -0.2) is 18.0 Å². The molecule has 1 fully saturated rings. The lowest BCUT2D eigenvalue weighted by molar-refractivity contribution is 0.0593. The Kier molecular flexibility index (Phi) is 5.34. The summed E-state index contributed by atoms with van der Waals surface area (Å²) in [5.74, 6) is 1.73. The van der Waals surface area contributed by atoms with Crippen molar-refractivity contribution in [1.29, 1.82) is 0 Å². The molecule has 0 radical (unpaired) electrons. The molecule has 2 heteroatoms. The fourth-order valence-corrected chi connectivity index (χ4v) is 2.27. The highest BCUT2D eigenvalue weighted by Gasteiger charge is 2.20. The molecule has 0 amide bonds. The number of alkyl halides is 1. The Morgan fingerprint density at radius 1 is 1.38 bits per heavy atom. The number of ether oxygens (including phenoxy) is 1. The second-order valence-electron chi connectivity index (χ2n) is 4.19. The third-order valence-corrected chi connectivity index (χ3v) is 4.60. The van der Waals surface area contributed by atoms with E-state index < -0.39 is 0 Å². The summed E-state index contributed by atoms with van der Waals surface area (Å²) in [6.45, 7) is 6.57. The fourth-order valence-electron chi connectivity index (χ4n) is 2.06. The number of halogens is 1. The summed E-state index contributed by atoms with van der Waals surface area (Å²) in [7, 11) is 0. The maximum Gasteiger partial charge on any atom is 0.0468 e.